The molecule has 0 unspecified atom stereocenters. The molecule has 4 rings (SSSR count). The highest BCUT2D eigenvalue weighted by Gasteiger charge is 2.43. The molecule has 6 nitrogen and oxygen atoms in total. The maximum atomic E-state index is 12.8. The molecule has 3 heterocycles. The van der Waals surface area contributed by atoms with Gasteiger partial charge in [-0.15, -0.1) is 22.7 Å². The van der Waals surface area contributed by atoms with Gasteiger partial charge in [-0.25, -0.2) is 9.78 Å². The van der Waals surface area contributed by atoms with Crippen molar-refractivity contribution in [3.63, 3.8) is 0 Å². The molecule has 0 atom stereocenters. The molecule has 3 aromatic rings. The van der Waals surface area contributed by atoms with Gasteiger partial charge in [0.05, 0.1) is 21.7 Å². The number of nitrogens with zero attached hydrogens (tertiary/aromatic N) is 2. The number of benzene rings is 1. The SMILES string of the molecule is CC(C)(C(=O)ON1C(=O)c2ccccc2C1=O)c1csc(-c2cccs2)n1. The van der Waals surface area contributed by atoms with Gasteiger partial charge >= 0.3 is 5.97 Å². The molecule has 0 bridgehead atoms. The van der Waals surface area contributed by atoms with Crippen molar-refractivity contribution in [3.8, 4) is 9.88 Å². The molecule has 0 saturated carbocycles. The molecule has 8 heteroatoms. The van der Waals surface area contributed by atoms with Gasteiger partial charge in [-0.05, 0) is 37.4 Å². The van der Waals surface area contributed by atoms with Crippen molar-refractivity contribution in [3.05, 3.63) is 64.0 Å². The molecule has 0 radical (unpaired) electrons. The quantitative estimate of drug-likeness (QED) is 0.623. The molecule has 0 aliphatic carbocycles. The first-order chi connectivity index (χ1) is 12.9. The Morgan fingerprint density at radius 1 is 1.04 bits per heavy atom. The molecule has 1 aromatic carbocycles. The lowest BCUT2D eigenvalue weighted by Crippen LogP contribution is -2.40. The smallest absolute Gasteiger partial charge is 0.329 e. The summed E-state index contributed by atoms with van der Waals surface area (Å²) in [5, 5.41) is 5.08. The molecule has 0 fully saturated rings. The number of thiophene rings is 1. The summed E-state index contributed by atoms with van der Waals surface area (Å²) < 4.78 is 0. The topological polar surface area (TPSA) is 76.6 Å². The second-order valence-corrected chi connectivity index (χ2v) is 8.28. The van der Waals surface area contributed by atoms with Gasteiger partial charge in [-0.2, -0.15) is 0 Å². The fraction of sp³-hybridized carbons (Fsp3) is 0.158. The van der Waals surface area contributed by atoms with Gasteiger partial charge in [0, 0.05) is 5.38 Å². The van der Waals surface area contributed by atoms with Crippen molar-refractivity contribution in [1.29, 1.82) is 0 Å². The van der Waals surface area contributed by atoms with Gasteiger partial charge in [-0.1, -0.05) is 23.3 Å². The average Bonchev–Trinajstić information content (AvgIpc) is 3.39. The highest BCUT2D eigenvalue weighted by molar-refractivity contribution is 7.20. The zero-order chi connectivity index (χ0) is 19.2. The largest absolute Gasteiger partial charge is 0.344 e. The molecule has 0 saturated heterocycles. The molecule has 27 heavy (non-hydrogen) atoms. The number of amides is 2. The van der Waals surface area contributed by atoms with Crippen LogP contribution in [0.3, 0.4) is 0 Å². The molecule has 0 N–H and O–H groups in total. The van der Waals surface area contributed by atoms with E-state index in [1.807, 2.05) is 17.5 Å². The highest BCUT2D eigenvalue weighted by atomic mass is 32.1. The zero-order valence-corrected chi connectivity index (χ0v) is 16.1. The number of hydrogen-bond donors (Lipinski definition) is 0. The van der Waals surface area contributed by atoms with Gasteiger partial charge in [0.15, 0.2) is 0 Å². The van der Waals surface area contributed by atoms with Crippen molar-refractivity contribution in [2.75, 3.05) is 0 Å². The Labute approximate surface area is 163 Å². The van der Waals surface area contributed by atoms with Crippen LogP contribution in [-0.2, 0) is 15.0 Å². The van der Waals surface area contributed by atoms with E-state index in [1.54, 1.807) is 42.7 Å². The average molecular weight is 398 g/mol. The standard InChI is InChI=1S/C19H14N2O4S2/c1-19(2,14-10-27-15(20-14)13-8-5-9-26-13)18(24)25-21-16(22)11-6-3-4-7-12(11)17(21)23/h3-10H,1-2H3. The maximum Gasteiger partial charge on any atom is 0.344 e. The minimum Gasteiger partial charge on any atom is -0.329 e. The summed E-state index contributed by atoms with van der Waals surface area (Å²) in [4.78, 5) is 48.3. The molecule has 136 valence electrons. The first kappa shape index (κ1) is 17.6. The normalized spacial score (nSPS) is 13.8. The predicted octanol–water partition coefficient (Wildman–Crippen LogP) is 3.90. The Kier molecular flexibility index (Phi) is 4.16. The summed E-state index contributed by atoms with van der Waals surface area (Å²) >= 11 is 2.99. The van der Waals surface area contributed by atoms with E-state index in [1.165, 1.54) is 23.5 Å². The van der Waals surface area contributed by atoms with Gasteiger partial charge in [0.25, 0.3) is 11.8 Å². The molecule has 2 amide bonds. The van der Waals surface area contributed by atoms with Crippen LogP contribution in [0.25, 0.3) is 9.88 Å². The summed E-state index contributed by atoms with van der Waals surface area (Å²) in [7, 11) is 0. The number of fused-ring (bicyclic) bond motifs is 1. The van der Waals surface area contributed by atoms with Crippen molar-refractivity contribution < 1.29 is 19.2 Å². The number of thiazole rings is 1. The fourth-order valence-electron chi connectivity index (χ4n) is 2.63. The summed E-state index contributed by atoms with van der Waals surface area (Å²) in [5.41, 5.74) is -0.151. The lowest BCUT2D eigenvalue weighted by atomic mass is 9.90. The number of carbonyl (C=O) groups excluding carboxylic acids is 3. The number of carbonyl (C=O) groups is 3. The van der Waals surface area contributed by atoms with Crippen LogP contribution in [-0.4, -0.2) is 27.8 Å². The minimum atomic E-state index is -1.12. The lowest BCUT2D eigenvalue weighted by Gasteiger charge is -2.22. The first-order valence-corrected chi connectivity index (χ1v) is 9.85. The number of hydrogen-bond acceptors (Lipinski definition) is 7. The van der Waals surface area contributed by atoms with Crippen LogP contribution in [0.4, 0.5) is 0 Å². The number of hydroxylamine groups is 2. The van der Waals surface area contributed by atoms with Crippen molar-refractivity contribution in [1.82, 2.24) is 10.0 Å². The van der Waals surface area contributed by atoms with Crippen molar-refractivity contribution in [2.24, 2.45) is 0 Å². The lowest BCUT2D eigenvalue weighted by molar-refractivity contribution is -0.174. The second-order valence-electron chi connectivity index (χ2n) is 6.47. The number of rotatable bonds is 4. The van der Waals surface area contributed by atoms with E-state index in [9.17, 15) is 14.4 Å². The maximum absolute atomic E-state index is 12.8. The van der Waals surface area contributed by atoms with E-state index in [2.05, 4.69) is 4.98 Å². The van der Waals surface area contributed by atoms with E-state index in [-0.39, 0.29) is 11.1 Å². The van der Waals surface area contributed by atoms with Crippen molar-refractivity contribution in [2.45, 2.75) is 19.3 Å². The molecular weight excluding hydrogens is 384 g/mol. The number of aromatic nitrogens is 1. The summed E-state index contributed by atoms with van der Waals surface area (Å²) in [6.07, 6.45) is 0. The molecule has 0 spiro atoms. The van der Waals surface area contributed by atoms with Crippen LogP contribution in [0.15, 0.2) is 47.2 Å². The summed E-state index contributed by atoms with van der Waals surface area (Å²) in [5.74, 6) is -2.00. The van der Waals surface area contributed by atoms with Crippen molar-refractivity contribution >= 4 is 40.5 Å². The van der Waals surface area contributed by atoms with Gasteiger partial charge in [-0.3, -0.25) is 9.59 Å². The molecule has 1 aliphatic rings. The van der Waals surface area contributed by atoms with Gasteiger partial charge < -0.3 is 4.84 Å². The zero-order valence-electron chi connectivity index (χ0n) is 14.5. The van der Waals surface area contributed by atoms with E-state index >= 15 is 0 Å². The predicted molar refractivity (Wildman–Crippen MR) is 101 cm³/mol. The van der Waals surface area contributed by atoms with Crippen LogP contribution >= 0.6 is 22.7 Å². The van der Waals surface area contributed by atoms with Gasteiger partial charge in [0.1, 0.15) is 10.4 Å². The Hall–Kier alpha value is -2.84. The van der Waals surface area contributed by atoms with E-state index in [4.69, 9.17) is 4.84 Å². The van der Waals surface area contributed by atoms with Crippen LogP contribution in [0, 0.1) is 0 Å². The number of imide groups is 1. The monoisotopic (exact) mass is 398 g/mol. The highest BCUT2D eigenvalue weighted by Crippen LogP contribution is 2.34. The summed E-state index contributed by atoms with van der Waals surface area (Å²) in [6, 6.07) is 10.3. The second kappa shape index (κ2) is 6.40. The summed E-state index contributed by atoms with van der Waals surface area (Å²) in [6.45, 7) is 3.31. The van der Waals surface area contributed by atoms with Crippen LogP contribution in [0.5, 0.6) is 0 Å². The Balaban J connectivity index is 1.56. The third-order valence-electron chi connectivity index (χ3n) is 4.32. The molecular formula is C19H14N2O4S2. The van der Waals surface area contributed by atoms with Crippen LogP contribution in [0.2, 0.25) is 0 Å². The Bertz CT molecular complexity index is 1020. The third kappa shape index (κ3) is 2.87. The minimum absolute atomic E-state index is 0.224. The van der Waals surface area contributed by atoms with Crippen LogP contribution < -0.4 is 0 Å². The van der Waals surface area contributed by atoms with E-state index in [0.717, 1.165) is 9.88 Å². The molecule has 2 aromatic heterocycles. The van der Waals surface area contributed by atoms with Crippen LogP contribution in [0.1, 0.15) is 40.3 Å². The first-order valence-electron chi connectivity index (χ1n) is 8.09. The van der Waals surface area contributed by atoms with E-state index in [0.29, 0.717) is 10.8 Å². The molecule has 1 aliphatic heterocycles. The van der Waals surface area contributed by atoms with E-state index < -0.39 is 23.2 Å². The Morgan fingerprint density at radius 3 is 2.30 bits per heavy atom. The fourth-order valence-corrected chi connectivity index (χ4v) is 4.43. The third-order valence-corrected chi connectivity index (χ3v) is 6.20. The Morgan fingerprint density at radius 2 is 1.70 bits per heavy atom. The van der Waals surface area contributed by atoms with Gasteiger partial charge in [0.2, 0.25) is 0 Å².